The van der Waals surface area contributed by atoms with Crippen molar-refractivity contribution in [2.75, 3.05) is 7.05 Å². The molecule has 0 saturated heterocycles. The van der Waals surface area contributed by atoms with Gasteiger partial charge in [0.15, 0.2) is 5.96 Å². The highest BCUT2D eigenvalue weighted by Crippen LogP contribution is 2.25. The van der Waals surface area contributed by atoms with Crippen LogP contribution in [0.5, 0.6) is 0 Å². The van der Waals surface area contributed by atoms with Gasteiger partial charge in [0.2, 0.25) is 5.89 Å². The van der Waals surface area contributed by atoms with E-state index >= 15 is 0 Å². The van der Waals surface area contributed by atoms with E-state index in [4.69, 9.17) is 9.68 Å². The van der Waals surface area contributed by atoms with E-state index in [2.05, 4.69) is 47.5 Å². The van der Waals surface area contributed by atoms with E-state index in [9.17, 15) is 0 Å². The number of guanidine groups is 1. The van der Waals surface area contributed by atoms with Crippen molar-refractivity contribution in [2.45, 2.75) is 58.0 Å². The summed E-state index contributed by atoms with van der Waals surface area (Å²) >= 11 is 0. The molecule has 0 spiro atoms. The van der Waals surface area contributed by atoms with Gasteiger partial charge in [-0.25, -0.2) is 4.98 Å². The molecule has 1 aliphatic rings. The van der Waals surface area contributed by atoms with Gasteiger partial charge in [0.1, 0.15) is 5.76 Å². The Morgan fingerprint density at radius 3 is 2.78 bits per heavy atom. The summed E-state index contributed by atoms with van der Waals surface area (Å²) in [5.41, 5.74) is -0.0466. The van der Waals surface area contributed by atoms with E-state index in [0.717, 1.165) is 25.0 Å². The van der Waals surface area contributed by atoms with Gasteiger partial charge < -0.3 is 15.1 Å². The molecule has 1 saturated carbocycles. The zero-order valence-corrected chi connectivity index (χ0v) is 16.5. The van der Waals surface area contributed by atoms with E-state index in [1.165, 1.54) is 0 Å². The maximum absolute atomic E-state index is 9.13. The van der Waals surface area contributed by atoms with Crippen LogP contribution in [0, 0.1) is 17.2 Å². The van der Waals surface area contributed by atoms with Crippen LogP contribution in [0.3, 0.4) is 0 Å². The van der Waals surface area contributed by atoms with Crippen molar-refractivity contribution in [3.05, 3.63) is 17.8 Å². The molecule has 0 radical (unpaired) electrons. The molecule has 1 aromatic heterocycles. The first-order valence-electron chi connectivity index (χ1n) is 7.76. The van der Waals surface area contributed by atoms with Crippen LogP contribution >= 0.6 is 24.0 Å². The highest BCUT2D eigenvalue weighted by atomic mass is 127. The normalized spacial score (nSPS) is 21.4. The lowest BCUT2D eigenvalue weighted by atomic mass is 9.94. The van der Waals surface area contributed by atoms with Gasteiger partial charge >= 0.3 is 0 Å². The molecular weight excluding hydrogens is 405 g/mol. The van der Waals surface area contributed by atoms with Gasteiger partial charge in [0, 0.05) is 18.5 Å². The average molecular weight is 431 g/mol. The first-order valence-corrected chi connectivity index (χ1v) is 7.76. The number of nitriles is 1. The summed E-state index contributed by atoms with van der Waals surface area (Å²) in [6.45, 7) is 6.74. The number of halogens is 1. The Bertz CT molecular complexity index is 570. The lowest BCUT2D eigenvalue weighted by Gasteiger charge is -2.18. The zero-order chi connectivity index (χ0) is 16.2. The molecular formula is C16H26IN5O. The van der Waals surface area contributed by atoms with Crippen molar-refractivity contribution in [3.63, 3.8) is 0 Å². The van der Waals surface area contributed by atoms with Gasteiger partial charge in [-0.15, -0.1) is 24.0 Å². The maximum atomic E-state index is 9.13. The molecule has 2 atom stereocenters. The highest BCUT2D eigenvalue weighted by Gasteiger charge is 2.27. The summed E-state index contributed by atoms with van der Waals surface area (Å²) in [5, 5.41) is 15.6. The van der Waals surface area contributed by atoms with Crippen LogP contribution in [0.2, 0.25) is 0 Å². The van der Waals surface area contributed by atoms with Crippen molar-refractivity contribution in [1.29, 1.82) is 5.26 Å². The number of rotatable bonds is 3. The summed E-state index contributed by atoms with van der Waals surface area (Å²) in [6.07, 6.45) is 4.82. The molecule has 7 heteroatoms. The largest absolute Gasteiger partial charge is 0.443 e. The molecule has 2 rings (SSSR count). The third kappa shape index (κ3) is 5.37. The van der Waals surface area contributed by atoms with Gasteiger partial charge in [-0.05, 0) is 19.3 Å². The number of nitrogens with zero attached hydrogens (tertiary/aromatic N) is 3. The number of oxazole rings is 1. The Morgan fingerprint density at radius 1 is 1.48 bits per heavy atom. The molecule has 6 nitrogen and oxygen atoms in total. The minimum absolute atomic E-state index is 0. The molecule has 1 aromatic rings. The number of hydrogen-bond donors (Lipinski definition) is 2. The molecule has 0 aromatic carbocycles. The Kier molecular flexibility index (Phi) is 7.32. The van der Waals surface area contributed by atoms with Crippen LogP contribution in [0.4, 0.5) is 0 Å². The third-order valence-corrected chi connectivity index (χ3v) is 3.93. The van der Waals surface area contributed by atoms with E-state index in [-0.39, 0.29) is 41.4 Å². The number of aromatic nitrogens is 1. The molecule has 0 aliphatic heterocycles. The van der Waals surface area contributed by atoms with E-state index in [1.807, 2.05) is 0 Å². The van der Waals surface area contributed by atoms with Crippen LogP contribution in [0.1, 0.15) is 51.7 Å². The van der Waals surface area contributed by atoms with E-state index in [1.54, 1.807) is 13.2 Å². The summed E-state index contributed by atoms with van der Waals surface area (Å²) in [5.74, 6) is 2.25. The first-order chi connectivity index (χ1) is 10.4. The predicted molar refractivity (Wildman–Crippen MR) is 101 cm³/mol. The Labute approximate surface area is 155 Å². The first kappa shape index (κ1) is 19.7. The van der Waals surface area contributed by atoms with E-state index < -0.39 is 0 Å². The van der Waals surface area contributed by atoms with Gasteiger partial charge in [0.05, 0.1) is 24.7 Å². The fraction of sp³-hybridized carbons (Fsp3) is 0.688. The summed E-state index contributed by atoms with van der Waals surface area (Å²) in [7, 11) is 1.72. The molecule has 23 heavy (non-hydrogen) atoms. The van der Waals surface area contributed by atoms with Crippen LogP contribution in [-0.4, -0.2) is 24.0 Å². The van der Waals surface area contributed by atoms with Gasteiger partial charge in [0.25, 0.3) is 0 Å². The number of nitrogens with one attached hydrogen (secondary N) is 2. The SMILES string of the molecule is CN=C(NCc1ncc(C(C)(C)C)o1)NC1CCCC1C#N.I. The topological polar surface area (TPSA) is 86.2 Å². The van der Waals surface area contributed by atoms with Crippen molar-refractivity contribution in [1.82, 2.24) is 15.6 Å². The molecule has 2 unspecified atom stereocenters. The Balaban J connectivity index is 0.00000264. The zero-order valence-electron chi connectivity index (χ0n) is 14.2. The molecule has 1 aliphatic carbocycles. The van der Waals surface area contributed by atoms with Crippen LogP contribution in [0.15, 0.2) is 15.6 Å². The van der Waals surface area contributed by atoms with Crippen molar-refractivity contribution in [2.24, 2.45) is 10.9 Å². The van der Waals surface area contributed by atoms with Crippen LogP contribution in [0.25, 0.3) is 0 Å². The second-order valence-electron chi connectivity index (χ2n) is 6.71. The number of hydrogen-bond acceptors (Lipinski definition) is 4. The summed E-state index contributed by atoms with van der Waals surface area (Å²) in [4.78, 5) is 8.49. The van der Waals surface area contributed by atoms with Gasteiger partial charge in [-0.1, -0.05) is 20.8 Å². The lowest BCUT2D eigenvalue weighted by molar-refractivity contribution is 0.379. The molecule has 1 fully saturated rings. The number of aliphatic imine (C=N–C) groups is 1. The average Bonchev–Trinajstić information content (AvgIpc) is 3.11. The van der Waals surface area contributed by atoms with Crippen LogP contribution in [-0.2, 0) is 12.0 Å². The van der Waals surface area contributed by atoms with Crippen molar-refractivity contribution >= 4 is 29.9 Å². The van der Waals surface area contributed by atoms with Crippen LogP contribution < -0.4 is 10.6 Å². The maximum Gasteiger partial charge on any atom is 0.213 e. The van der Waals surface area contributed by atoms with Gasteiger partial charge in [-0.2, -0.15) is 5.26 Å². The summed E-state index contributed by atoms with van der Waals surface area (Å²) < 4.78 is 5.75. The van der Waals surface area contributed by atoms with E-state index in [0.29, 0.717) is 18.4 Å². The molecule has 128 valence electrons. The highest BCUT2D eigenvalue weighted by molar-refractivity contribution is 14.0. The minimum atomic E-state index is -0.0466. The second-order valence-corrected chi connectivity index (χ2v) is 6.71. The summed E-state index contributed by atoms with van der Waals surface area (Å²) in [6, 6.07) is 2.53. The molecule has 0 bridgehead atoms. The molecule has 2 N–H and O–H groups in total. The fourth-order valence-electron chi connectivity index (χ4n) is 2.56. The third-order valence-electron chi connectivity index (χ3n) is 3.93. The fourth-order valence-corrected chi connectivity index (χ4v) is 2.56. The Morgan fingerprint density at radius 2 is 2.22 bits per heavy atom. The smallest absolute Gasteiger partial charge is 0.213 e. The lowest BCUT2D eigenvalue weighted by Crippen LogP contribution is -2.44. The second kappa shape index (κ2) is 8.52. The molecule has 0 amide bonds. The minimum Gasteiger partial charge on any atom is -0.443 e. The van der Waals surface area contributed by atoms with Crippen molar-refractivity contribution in [3.8, 4) is 6.07 Å². The van der Waals surface area contributed by atoms with Crippen molar-refractivity contribution < 1.29 is 4.42 Å². The quantitative estimate of drug-likeness (QED) is 0.437. The molecule has 1 heterocycles. The Hall–Kier alpha value is -1.30. The monoisotopic (exact) mass is 431 g/mol. The predicted octanol–water partition coefficient (Wildman–Crippen LogP) is 2.95. The standard InChI is InChI=1S/C16H25N5O.HI/c1-16(2,3)13-9-19-14(22-13)10-20-15(18-4)21-12-7-5-6-11(12)8-17;/h9,11-12H,5-7,10H2,1-4H3,(H2,18,20,21);1H. The van der Waals surface area contributed by atoms with Gasteiger partial charge in [-0.3, -0.25) is 4.99 Å².